The molecule has 0 aromatic heterocycles. The molecule has 1 aromatic rings. The molecular weight excluding hydrogens is 248 g/mol. The highest BCUT2D eigenvalue weighted by Gasteiger charge is 2.21. The third-order valence-electron chi connectivity index (χ3n) is 4.27. The molecular formula is C17H28N2O. The van der Waals surface area contributed by atoms with Crippen molar-refractivity contribution in [3.8, 4) is 5.75 Å². The fourth-order valence-electron chi connectivity index (χ4n) is 3.01. The second-order valence-electron chi connectivity index (χ2n) is 6.07. The molecule has 2 N–H and O–H groups in total. The maximum absolute atomic E-state index is 5.81. The lowest BCUT2D eigenvalue weighted by Crippen LogP contribution is -2.41. The topological polar surface area (TPSA) is 38.5 Å². The van der Waals surface area contributed by atoms with Crippen molar-refractivity contribution in [2.24, 2.45) is 11.7 Å². The predicted molar refractivity (Wildman–Crippen MR) is 83.9 cm³/mol. The molecule has 1 saturated heterocycles. The summed E-state index contributed by atoms with van der Waals surface area (Å²) in [6.07, 6.45) is 3.76. The molecule has 1 heterocycles. The lowest BCUT2D eigenvalue weighted by Gasteiger charge is -2.36. The second kappa shape index (κ2) is 7.65. The van der Waals surface area contributed by atoms with Gasteiger partial charge in [-0.1, -0.05) is 19.1 Å². The van der Waals surface area contributed by atoms with E-state index in [9.17, 15) is 0 Å². The smallest absolute Gasteiger partial charge is 0.119 e. The molecule has 0 aliphatic carbocycles. The van der Waals surface area contributed by atoms with Crippen molar-refractivity contribution >= 4 is 0 Å². The Hall–Kier alpha value is -1.06. The molecule has 1 aromatic carbocycles. The van der Waals surface area contributed by atoms with E-state index in [0.717, 1.165) is 42.8 Å². The molecule has 0 amide bonds. The van der Waals surface area contributed by atoms with Crippen molar-refractivity contribution in [3.63, 3.8) is 0 Å². The molecule has 3 heteroatoms. The van der Waals surface area contributed by atoms with Gasteiger partial charge in [0.1, 0.15) is 5.75 Å². The number of ether oxygens (including phenoxy) is 1. The van der Waals surface area contributed by atoms with Crippen LogP contribution in [-0.2, 0) is 6.54 Å². The zero-order valence-corrected chi connectivity index (χ0v) is 12.8. The summed E-state index contributed by atoms with van der Waals surface area (Å²) in [6.45, 7) is 8.45. The minimum atomic E-state index is 0.570. The van der Waals surface area contributed by atoms with E-state index in [1.165, 1.54) is 19.4 Å². The highest BCUT2D eigenvalue weighted by molar-refractivity contribution is 5.28. The van der Waals surface area contributed by atoms with E-state index in [2.05, 4.69) is 18.7 Å². The van der Waals surface area contributed by atoms with Crippen LogP contribution in [0.3, 0.4) is 0 Å². The summed E-state index contributed by atoms with van der Waals surface area (Å²) in [5.74, 6) is 1.82. The number of nitrogens with two attached hydrogens (primary N) is 1. The highest BCUT2D eigenvalue weighted by atomic mass is 16.5. The Bertz CT molecular complexity index is 408. The molecule has 1 aliphatic heterocycles. The molecule has 3 nitrogen and oxygen atoms in total. The van der Waals surface area contributed by atoms with Crippen molar-refractivity contribution in [1.29, 1.82) is 0 Å². The van der Waals surface area contributed by atoms with Gasteiger partial charge < -0.3 is 15.4 Å². The normalized spacial score (nSPS) is 23.8. The van der Waals surface area contributed by atoms with Gasteiger partial charge in [-0.05, 0) is 56.3 Å². The number of hydrogen-bond acceptors (Lipinski definition) is 3. The van der Waals surface area contributed by atoms with Crippen molar-refractivity contribution in [2.75, 3.05) is 19.7 Å². The Labute approximate surface area is 123 Å². The Morgan fingerprint density at radius 3 is 2.95 bits per heavy atom. The fraction of sp³-hybridized carbons (Fsp3) is 0.647. The van der Waals surface area contributed by atoms with Gasteiger partial charge in [-0.15, -0.1) is 0 Å². The molecule has 0 spiro atoms. The van der Waals surface area contributed by atoms with Crippen molar-refractivity contribution in [1.82, 2.24) is 4.90 Å². The molecule has 112 valence electrons. The minimum Gasteiger partial charge on any atom is -0.494 e. The summed E-state index contributed by atoms with van der Waals surface area (Å²) in [6, 6.07) is 8.80. The number of likely N-dealkylation sites (tertiary alicyclic amines) is 1. The summed E-state index contributed by atoms with van der Waals surface area (Å²) in [4.78, 5) is 2.60. The van der Waals surface area contributed by atoms with Crippen LogP contribution < -0.4 is 10.5 Å². The van der Waals surface area contributed by atoms with E-state index in [-0.39, 0.29) is 0 Å². The van der Waals surface area contributed by atoms with E-state index in [4.69, 9.17) is 10.5 Å². The average Bonchev–Trinajstić information content (AvgIpc) is 2.45. The largest absolute Gasteiger partial charge is 0.494 e. The van der Waals surface area contributed by atoms with Gasteiger partial charge in [-0.3, -0.25) is 0 Å². The molecule has 0 radical (unpaired) electrons. The summed E-state index contributed by atoms with van der Waals surface area (Å²) < 4.78 is 5.81. The van der Waals surface area contributed by atoms with Gasteiger partial charge in [0.2, 0.25) is 0 Å². The zero-order valence-electron chi connectivity index (χ0n) is 12.8. The molecule has 2 atom stereocenters. The number of nitrogens with zero attached hydrogens (tertiary/aromatic N) is 1. The second-order valence-corrected chi connectivity index (χ2v) is 6.07. The first-order chi connectivity index (χ1) is 9.69. The van der Waals surface area contributed by atoms with Gasteiger partial charge in [0.25, 0.3) is 0 Å². The molecule has 0 saturated carbocycles. The lowest BCUT2D eigenvalue weighted by atomic mass is 9.93. The van der Waals surface area contributed by atoms with Crippen LogP contribution in [0.5, 0.6) is 5.75 Å². The Balaban J connectivity index is 1.68. The number of piperidine rings is 1. The SMILES string of the molecule is CC1CCN(CCCOc2cccc(CN)c2)C(C)C1. The average molecular weight is 276 g/mol. The number of hydrogen-bond donors (Lipinski definition) is 1. The van der Waals surface area contributed by atoms with Crippen LogP contribution in [-0.4, -0.2) is 30.6 Å². The Morgan fingerprint density at radius 1 is 1.35 bits per heavy atom. The number of benzene rings is 1. The zero-order chi connectivity index (χ0) is 14.4. The van der Waals surface area contributed by atoms with Crippen LogP contribution in [0, 0.1) is 5.92 Å². The Kier molecular flexibility index (Phi) is 5.86. The first-order valence-corrected chi connectivity index (χ1v) is 7.85. The fourth-order valence-corrected chi connectivity index (χ4v) is 3.01. The van der Waals surface area contributed by atoms with Crippen LogP contribution in [0.15, 0.2) is 24.3 Å². The van der Waals surface area contributed by atoms with Crippen LogP contribution in [0.1, 0.15) is 38.7 Å². The minimum absolute atomic E-state index is 0.570. The van der Waals surface area contributed by atoms with Gasteiger partial charge in [-0.2, -0.15) is 0 Å². The molecule has 1 fully saturated rings. The van der Waals surface area contributed by atoms with Crippen molar-refractivity contribution in [2.45, 2.75) is 45.7 Å². The van der Waals surface area contributed by atoms with Crippen LogP contribution in [0.2, 0.25) is 0 Å². The predicted octanol–water partition coefficient (Wildman–Crippen LogP) is 3.03. The van der Waals surface area contributed by atoms with E-state index in [0.29, 0.717) is 6.54 Å². The van der Waals surface area contributed by atoms with Gasteiger partial charge in [0.15, 0.2) is 0 Å². The number of rotatable bonds is 6. The van der Waals surface area contributed by atoms with Crippen molar-refractivity contribution < 1.29 is 4.74 Å². The van der Waals surface area contributed by atoms with Gasteiger partial charge >= 0.3 is 0 Å². The first-order valence-electron chi connectivity index (χ1n) is 7.85. The van der Waals surface area contributed by atoms with Crippen LogP contribution >= 0.6 is 0 Å². The summed E-state index contributed by atoms with van der Waals surface area (Å²) >= 11 is 0. The van der Waals surface area contributed by atoms with E-state index in [1.807, 2.05) is 24.3 Å². The third kappa shape index (κ3) is 4.50. The van der Waals surface area contributed by atoms with Crippen molar-refractivity contribution in [3.05, 3.63) is 29.8 Å². The van der Waals surface area contributed by atoms with Gasteiger partial charge in [0, 0.05) is 19.1 Å². The molecule has 0 bridgehead atoms. The summed E-state index contributed by atoms with van der Waals surface area (Å²) in [5, 5.41) is 0. The lowest BCUT2D eigenvalue weighted by molar-refractivity contribution is 0.121. The van der Waals surface area contributed by atoms with Gasteiger partial charge in [-0.25, -0.2) is 0 Å². The maximum Gasteiger partial charge on any atom is 0.119 e. The standard InChI is InChI=1S/C17H28N2O/c1-14-7-9-19(15(2)11-14)8-4-10-20-17-6-3-5-16(12-17)13-18/h3,5-6,12,14-15H,4,7-11,13,18H2,1-2H3. The molecule has 1 aliphatic rings. The quantitative estimate of drug-likeness (QED) is 0.812. The molecule has 20 heavy (non-hydrogen) atoms. The first kappa shape index (κ1) is 15.3. The van der Waals surface area contributed by atoms with Crippen LogP contribution in [0.25, 0.3) is 0 Å². The highest BCUT2D eigenvalue weighted by Crippen LogP contribution is 2.22. The van der Waals surface area contributed by atoms with E-state index in [1.54, 1.807) is 0 Å². The van der Waals surface area contributed by atoms with Crippen LogP contribution in [0.4, 0.5) is 0 Å². The van der Waals surface area contributed by atoms with Gasteiger partial charge in [0.05, 0.1) is 6.61 Å². The third-order valence-corrected chi connectivity index (χ3v) is 4.27. The Morgan fingerprint density at radius 2 is 2.20 bits per heavy atom. The summed E-state index contributed by atoms with van der Waals surface area (Å²) in [7, 11) is 0. The maximum atomic E-state index is 5.81. The van der Waals surface area contributed by atoms with E-state index >= 15 is 0 Å². The summed E-state index contributed by atoms with van der Waals surface area (Å²) in [5.41, 5.74) is 6.76. The molecule has 2 rings (SSSR count). The monoisotopic (exact) mass is 276 g/mol. The van der Waals surface area contributed by atoms with E-state index < -0.39 is 0 Å². The molecule has 2 unspecified atom stereocenters.